The van der Waals surface area contributed by atoms with E-state index in [4.69, 9.17) is 0 Å². The Morgan fingerprint density at radius 2 is 1.85 bits per heavy atom. The Kier molecular flexibility index (Phi) is 3.84. The van der Waals surface area contributed by atoms with Gasteiger partial charge in [-0.1, -0.05) is 32.9 Å². The molecule has 0 bridgehead atoms. The number of carboxylic acid groups (broad SMARTS) is 1. The second-order valence-electron chi connectivity index (χ2n) is 6.31. The molecule has 1 aliphatic rings. The lowest BCUT2D eigenvalue weighted by atomic mass is 9.87. The lowest BCUT2D eigenvalue weighted by Crippen LogP contribution is -2.48. The standard InChI is InChI=1S/C16H21NO3/c1-16(2,3)11-7-9-12(10-8-11)17-13(15(19)20)5-4-6-14(17)18/h7-10,13H,4-6H2,1-3H3,(H,19,20). The fraction of sp³-hybridized carbons (Fsp3) is 0.500. The first-order valence-electron chi connectivity index (χ1n) is 6.96. The normalized spacial score (nSPS) is 20.1. The van der Waals surface area contributed by atoms with E-state index in [9.17, 15) is 14.7 Å². The summed E-state index contributed by atoms with van der Waals surface area (Å²) in [6, 6.07) is 6.89. The molecule has 1 atom stereocenters. The van der Waals surface area contributed by atoms with Gasteiger partial charge < -0.3 is 5.11 Å². The number of rotatable bonds is 2. The third-order valence-electron chi connectivity index (χ3n) is 3.75. The second-order valence-corrected chi connectivity index (χ2v) is 6.31. The van der Waals surface area contributed by atoms with Crippen LogP contribution >= 0.6 is 0 Å². The summed E-state index contributed by atoms with van der Waals surface area (Å²) < 4.78 is 0. The molecular formula is C16H21NO3. The summed E-state index contributed by atoms with van der Waals surface area (Å²) in [5, 5.41) is 9.28. The Bertz CT molecular complexity index is 514. The van der Waals surface area contributed by atoms with E-state index in [0.29, 0.717) is 24.9 Å². The number of carbonyl (C=O) groups is 2. The first-order valence-corrected chi connectivity index (χ1v) is 6.96. The fourth-order valence-corrected chi connectivity index (χ4v) is 2.55. The van der Waals surface area contributed by atoms with E-state index in [0.717, 1.165) is 5.56 Å². The minimum Gasteiger partial charge on any atom is -0.480 e. The van der Waals surface area contributed by atoms with Gasteiger partial charge in [-0.3, -0.25) is 9.69 Å². The SMILES string of the molecule is CC(C)(C)c1ccc(N2C(=O)CCCC2C(=O)O)cc1. The number of nitrogens with zero attached hydrogens (tertiary/aromatic N) is 1. The number of benzene rings is 1. The maximum Gasteiger partial charge on any atom is 0.326 e. The number of piperidine rings is 1. The highest BCUT2D eigenvalue weighted by Gasteiger charge is 2.34. The van der Waals surface area contributed by atoms with Crippen molar-refractivity contribution in [2.75, 3.05) is 4.90 Å². The van der Waals surface area contributed by atoms with Crippen LogP contribution in [0.2, 0.25) is 0 Å². The molecule has 1 N–H and O–H groups in total. The first-order chi connectivity index (χ1) is 9.30. The highest BCUT2D eigenvalue weighted by atomic mass is 16.4. The topological polar surface area (TPSA) is 57.6 Å². The van der Waals surface area contributed by atoms with E-state index < -0.39 is 12.0 Å². The van der Waals surface area contributed by atoms with Crippen LogP contribution in [-0.4, -0.2) is 23.0 Å². The van der Waals surface area contributed by atoms with E-state index >= 15 is 0 Å². The minimum atomic E-state index is -0.932. The number of anilines is 1. The lowest BCUT2D eigenvalue weighted by molar-refractivity contribution is -0.141. The zero-order valence-corrected chi connectivity index (χ0v) is 12.2. The molecule has 1 saturated heterocycles. The summed E-state index contributed by atoms with van der Waals surface area (Å²) in [7, 11) is 0. The molecule has 1 aromatic rings. The number of hydrogen-bond donors (Lipinski definition) is 1. The summed E-state index contributed by atoms with van der Waals surface area (Å²) >= 11 is 0. The Labute approximate surface area is 119 Å². The van der Waals surface area contributed by atoms with Gasteiger partial charge in [-0.05, 0) is 36.0 Å². The average molecular weight is 275 g/mol. The number of hydrogen-bond acceptors (Lipinski definition) is 2. The van der Waals surface area contributed by atoms with E-state index in [1.165, 1.54) is 4.90 Å². The molecule has 1 heterocycles. The maximum absolute atomic E-state index is 12.1. The van der Waals surface area contributed by atoms with Gasteiger partial charge in [0.05, 0.1) is 0 Å². The van der Waals surface area contributed by atoms with E-state index in [1.807, 2.05) is 24.3 Å². The molecule has 1 fully saturated rings. The van der Waals surface area contributed by atoms with Crippen LogP contribution in [0.4, 0.5) is 5.69 Å². The Morgan fingerprint density at radius 1 is 1.25 bits per heavy atom. The van der Waals surface area contributed by atoms with Crippen molar-refractivity contribution < 1.29 is 14.7 Å². The zero-order valence-electron chi connectivity index (χ0n) is 12.2. The van der Waals surface area contributed by atoms with Crippen LogP contribution in [-0.2, 0) is 15.0 Å². The monoisotopic (exact) mass is 275 g/mol. The molecule has 108 valence electrons. The van der Waals surface area contributed by atoms with Gasteiger partial charge in [-0.25, -0.2) is 4.79 Å². The van der Waals surface area contributed by atoms with Crippen molar-refractivity contribution in [1.29, 1.82) is 0 Å². The number of aliphatic carboxylic acids is 1. The number of amides is 1. The minimum absolute atomic E-state index is 0.0383. The van der Waals surface area contributed by atoms with Gasteiger partial charge >= 0.3 is 5.97 Å². The van der Waals surface area contributed by atoms with Crippen LogP contribution < -0.4 is 4.90 Å². The molecule has 1 aromatic carbocycles. The molecular weight excluding hydrogens is 254 g/mol. The molecule has 0 spiro atoms. The molecule has 4 nitrogen and oxygen atoms in total. The smallest absolute Gasteiger partial charge is 0.326 e. The van der Waals surface area contributed by atoms with Crippen LogP contribution in [0, 0.1) is 0 Å². The van der Waals surface area contributed by atoms with Crippen molar-refractivity contribution >= 4 is 17.6 Å². The van der Waals surface area contributed by atoms with Gasteiger partial charge in [0.2, 0.25) is 5.91 Å². The van der Waals surface area contributed by atoms with Crippen molar-refractivity contribution in [2.45, 2.75) is 51.5 Å². The van der Waals surface area contributed by atoms with E-state index in [1.54, 1.807) is 0 Å². The third kappa shape index (κ3) is 2.84. The fourth-order valence-electron chi connectivity index (χ4n) is 2.55. The molecule has 0 aromatic heterocycles. The Balaban J connectivity index is 2.32. The van der Waals surface area contributed by atoms with Gasteiger partial charge in [0.15, 0.2) is 0 Å². The summed E-state index contributed by atoms with van der Waals surface area (Å²) in [5.74, 6) is -1.04. The van der Waals surface area contributed by atoms with Gasteiger partial charge in [-0.15, -0.1) is 0 Å². The van der Waals surface area contributed by atoms with Gasteiger partial charge in [0, 0.05) is 12.1 Å². The van der Waals surface area contributed by atoms with Crippen LogP contribution in [0.5, 0.6) is 0 Å². The highest BCUT2D eigenvalue weighted by Crippen LogP contribution is 2.29. The third-order valence-corrected chi connectivity index (χ3v) is 3.75. The largest absolute Gasteiger partial charge is 0.480 e. The molecule has 1 aliphatic heterocycles. The van der Waals surface area contributed by atoms with Crippen molar-refractivity contribution in [3.05, 3.63) is 29.8 Å². The van der Waals surface area contributed by atoms with Crippen LogP contribution in [0.1, 0.15) is 45.6 Å². The lowest BCUT2D eigenvalue weighted by Gasteiger charge is -2.33. The quantitative estimate of drug-likeness (QED) is 0.902. The van der Waals surface area contributed by atoms with Crippen LogP contribution in [0.3, 0.4) is 0 Å². The first kappa shape index (κ1) is 14.6. The molecule has 0 aliphatic carbocycles. The van der Waals surface area contributed by atoms with Crippen molar-refractivity contribution in [2.24, 2.45) is 0 Å². The van der Waals surface area contributed by atoms with Gasteiger partial charge in [0.25, 0.3) is 0 Å². The molecule has 0 saturated carbocycles. The molecule has 20 heavy (non-hydrogen) atoms. The average Bonchev–Trinajstić information content (AvgIpc) is 2.37. The summed E-state index contributed by atoms with van der Waals surface area (Å²) in [6.07, 6.45) is 1.58. The van der Waals surface area contributed by atoms with Gasteiger partial charge in [0.1, 0.15) is 6.04 Å². The summed E-state index contributed by atoms with van der Waals surface area (Å²) in [4.78, 5) is 24.8. The van der Waals surface area contributed by atoms with Crippen LogP contribution in [0.25, 0.3) is 0 Å². The Morgan fingerprint density at radius 3 is 2.35 bits per heavy atom. The van der Waals surface area contributed by atoms with Crippen molar-refractivity contribution in [3.63, 3.8) is 0 Å². The van der Waals surface area contributed by atoms with Gasteiger partial charge in [-0.2, -0.15) is 0 Å². The van der Waals surface area contributed by atoms with Crippen molar-refractivity contribution in [3.8, 4) is 0 Å². The molecule has 1 unspecified atom stereocenters. The van der Waals surface area contributed by atoms with E-state index in [2.05, 4.69) is 20.8 Å². The molecule has 0 radical (unpaired) electrons. The zero-order chi connectivity index (χ0) is 14.9. The van der Waals surface area contributed by atoms with Crippen LogP contribution in [0.15, 0.2) is 24.3 Å². The van der Waals surface area contributed by atoms with E-state index in [-0.39, 0.29) is 11.3 Å². The molecule has 2 rings (SSSR count). The second kappa shape index (κ2) is 5.27. The highest BCUT2D eigenvalue weighted by molar-refractivity contribution is 6.00. The predicted octanol–water partition coefficient (Wildman–Crippen LogP) is 2.95. The Hall–Kier alpha value is -1.84. The van der Waals surface area contributed by atoms with Crippen molar-refractivity contribution in [1.82, 2.24) is 0 Å². The molecule has 4 heteroatoms. The molecule has 1 amide bonds. The predicted molar refractivity (Wildman–Crippen MR) is 77.9 cm³/mol. The number of carboxylic acids is 1. The summed E-state index contributed by atoms with van der Waals surface area (Å²) in [6.45, 7) is 6.36. The number of carbonyl (C=O) groups excluding carboxylic acids is 1. The summed E-state index contributed by atoms with van der Waals surface area (Å²) in [5.41, 5.74) is 1.88. The maximum atomic E-state index is 12.1.